The van der Waals surface area contributed by atoms with E-state index >= 15 is 0 Å². The van der Waals surface area contributed by atoms with E-state index < -0.39 is 5.95 Å². The lowest BCUT2D eigenvalue weighted by atomic mass is 10.0. The van der Waals surface area contributed by atoms with E-state index in [0.29, 0.717) is 25.6 Å². The highest BCUT2D eigenvalue weighted by molar-refractivity contribution is 7.99. The Morgan fingerprint density at radius 2 is 2.07 bits per heavy atom. The predicted octanol–water partition coefficient (Wildman–Crippen LogP) is 3.74. The van der Waals surface area contributed by atoms with Gasteiger partial charge in [-0.2, -0.15) is 16.2 Å². The van der Waals surface area contributed by atoms with Crippen LogP contribution in [0, 0.1) is 5.95 Å². The number of morpholine rings is 1. The van der Waals surface area contributed by atoms with Gasteiger partial charge in [0, 0.05) is 11.5 Å². The van der Waals surface area contributed by atoms with Crippen LogP contribution in [0.3, 0.4) is 0 Å². The number of rotatable bonds is 3. The topological polar surface area (TPSA) is 76.2 Å². The molecule has 0 unspecified atom stereocenters. The van der Waals surface area contributed by atoms with E-state index in [0.717, 1.165) is 33.9 Å². The molecule has 0 radical (unpaired) electrons. The number of H-pyrrole nitrogens is 1. The number of nitrogens with zero attached hydrogens (tertiary/aromatic N) is 4. The minimum atomic E-state index is -0.512. The van der Waals surface area contributed by atoms with Crippen LogP contribution in [-0.4, -0.2) is 58.1 Å². The van der Waals surface area contributed by atoms with Crippen LogP contribution in [0.5, 0.6) is 5.75 Å². The van der Waals surface area contributed by atoms with Crippen molar-refractivity contribution in [1.29, 1.82) is 0 Å². The molecule has 0 aromatic carbocycles. The van der Waals surface area contributed by atoms with Gasteiger partial charge in [-0.15, -0.1) is 0 Å². The van der Waals surface area contributed by atoms with Gasteiger partial charge in [0.2, 0.25) is 5.95 Å². The van der Waals surface area contributed by atoms with Gasteiger partial charge in [0.25, 0.3) is 0 Å². The summed E-state index contributed by atoms with van der Waals surface area (Å²) in [6, 6.07) is 3.57. The number of fused-ring (bicyclic) bond motifs is 4. The number of ether oxygens (including phenoxy) is 2. The Hall–Kier alpha value is -2.39. The van der Waals surface area contributed by atoms with Crippen LogP contribution >= 0.6 is 11.8 Å². The number of aromatic amines is 1. The summed E-state index contributed by atoms with van der Waals surface area (Å²) in [6.45, 7) is 8.21. The molecular weight excluding hydrogens is 405 g/mol. The largest absolute Gasteiger partial charge is 0.486 e. The van der Waals surface area contributed by atoms with Gasteiger partial charge in [0.1, 0.15) is 12.3 Å². The number of hydrogen-bond acceptors (Lipinski definition) is 7. The third kappa shape index (κ3) is 3.11. The van der Waals surface area contributed by atoms with E-state index in [4.69, 9.17) is 19.4 Å². The first-order valence-electron chi connectivity index (χ1n) is 9.98. The zero-order valence-electron chi connectivity index (χ0n) is 17.4. The Labute approximate surface area is 178 Å². The summed E-state index contributed by atoms with van der Waals surface area (Å²) in [4.78, 5) is 19.2. The second-order valence-corrected chi connectivity index (χ2v) is 9.73. The average Bonchev–Trinajstić information content (AvgIpc) is 3.16. The number of thioether (sulfide) groups is 1. The quantitative estimate of drug-likeness (QED) is 0.636. The summed E-state index contributed by atoms with van der Waals surface area (Å²) in [7, 11) is 0. The fourth-order valence-electron chi connectivity index (χ4n) is 4.08. The van der Waals surface area contributed by atoms with Gasteiger partial charge < -0.3 is 19.4 Å². The highest BCUT2D eigenvalue weighted by Crippen LogP contribution is 2.46. The zero-order chi connectivity index (χ0) is 21.0. The molecule has 3 aromatic heterocycles. The van der Waals surface area contributed by atoms with Gasteiger partial charge in [-0.25, -0.2) is 15.0 Å². The van der Waals surface area contributed by atoms with Crippen molar-refractivity contribution in [1.82, 2.24) is 19.9 Å². The molecule has 0 amide bonds. The maximum Gasteiger partial charge on any atom is 0.213 e. The van der Waals surface area contributed by atoms with Crippen molar-refractivity contribution >= 4 is 28.5 Å². The Kier molecular flexibility index (Phi) is 4.62. The van der Waals surface area contributed by atoms with Crippen molar-refractivity contribution in [2.75, 3.05) is 31.0 Å². The summed E-state index contributed by atoms with van der Waals surface area (Å²) >= 11 is 1.71. The van der Waals surface area contributed by atoms with E-state index in [-0.39, 0.29) is 16.8 Å². The summed E-state index contributed by atoms with van der Waals surface area (Å²) in [5, 5.41) is 0.735. The number of halogens is 1. The number of anilines is 1. The molecule has 1 fully saturated rings. The number of aromatic nitrogens is 4. The Morgan fingerprint density at radius 1 is 1.23 bits per heavy atom. The van der Waals surface area contributed by atoms with E-state index in [1.54, 1.807) is 11.8 Å². The maximum absolute atomic E-state index is 13.6. The molecule has 0 spiro atoms. The lowest BCUT2D eigenvalue weighted by Gasteiger charge is -2.45. The minimum Gasteiger partial charge on any atom is -0.486 e. The van der Waals surface area contributed by atoms with Crippen molar-refractivity contribution in [3.63, 3.8) is 0 Å². The molecule has 5 rings (SSSR count). The molecule has 2 aliphatic rings. The third-order valence-corrected chi connectivity index (χ3v) is 7.06. The van der Waals surface area contributed by atoms with Gasteiger partial charge in [-0.3, -0.25) is 0 Å². The van der Waals surface area contributed by atoms with Gasteiger partial charge in [-0.1, -0.05) is 0 Å². The van der Waals surface area contributed by atoms with E-state index in [2.05, 4.69) is 41.9 Å². The number of pyridine rings is 1. The van der Waals surface area contributed by atoms with Crippen LogP contribution in [0.2, 0.25) is 0 Å². The normalized spacial score (nSPS) is 21.3. The summed E-state index contributed by atoms with van der Waals surface area (Å²) in [5.74, 6) is 1.59. The monoisotopic (exact) mass is 429 g/mol. The molecule has 158 valence electrons. The molecule has 9 heteroatoms. The minimum absolute atomic E-state index is 0.121. The third-order valence-electron chi connectivity index (χ3n) is 5.84. The van der Waals surface area contributed by atoms with Crippen molar-refractivity contribution in [3.05, 3.63) is 30.0 Å². The standard InChI is InChI=1S/C21H24FN5O2S/c1-11-8-28-9-13-10-29-17-18(21(2,3)30-4)25-19(26-20(17)27(11)13)14-5-12-6-16(22)23-7-15(12)24-14/h5-7,11,13,24H,8-10H2,1-4H3/t11-,13+/m1/s1. The van der Waals surface area contributed by atoms with Crippen LogP contribution in [0.4, 0.5) is 10.2 Å². The molecule has 30 heavy (non-hydrogen) atoms. The predicted molar refractivity (Wildman–Crippen MR) is 116 cm³/mol. The van der Waals surface area contributed by atoms with E-state index in [1.165, 1.54) is 12.3 Å². The zero-order valence-corrected chi connectivity index (χ0v) is 18.2. The summed E-state index contributed by atoms with van der Waals surface area (Å²) in [5.41, 5.74) is 2.32. The van der Waals surface area contributed by atoms with Crippen molar-refractivity contribution < 1.29 is 13.9 Å². The van der Waals surface area contributed by atoms with Gasteiger partial charge in [0.05, 0.1) is 47.5 Å². The van der Waals surface area contributed by atoms with Gasteiger partial charge in [-0.05, 0) is 33.1 Å². The smallest absolute Gasteiger partial charge is 0.213 e. The number of nitrogens with one attached hydrogen (secondary N) is 1. The first kappa shape index (κ1) is 19.6. The van der Waals surface area contributed by atoms with Crippen LogP contribution in [0.15, 0.2) is 18.3 Å². The van der Waals surface area contributed by atoms with Gasteiger partial charge >= 0.3 is 0 Å². The molecule has 1 saturated heterocycles. The van der Waals surface area contributed by atoms with Crippen molar-refractivity contribution in [3.8, 4) is 17.3 Å². The lowest BCUT2D eigenvalue weighted by molar-refractivity contribution is 0.0482. The summed E-state index contributed by atoms with van der Waals surface area (Å²) in [6.07, 6.45) is 3.55. The lowest BCUT2D eigenvalue weighted by Crippen LogP contribution is -2.56. The fraction of sp³-hybridized carbons (Fsp3) is 0.476. The molecule has 0 bridgehead atoms. The Bertz CT molecular complexity index is 1120. The van der Waals surface area contributed by atoms with Crippen molar-refractivity contribution in [2.45, 2.75) is 37.6 Å². The van der Waals surface area contributed by atoms with Crippen molar-refractivity contribution in [2.24, 2.45) is 0 Å². The molecule has 1 N–H and O–H groups in total. The molecule has 2 aliphatic heterocycles. The average molecular weight is 430 g/mol. The van der Waals surface area contributed by atoms with Crippen LogP contribution < -0.4 is 9.64 Å². The highest BCUT2D eigenvalue weighted by Gasteiger charge is 2.40. The number of hydrogen-bond donors (Lipinski definition) is 1. The fourth-order valence-corrected chi connectivity index (χ4v) is 4.41. The Morgan fingerprint density at radius 3 is 2.87 bits per heavy atom. The molecule has 3 aromatic rings. The summed E-state index contributed by atoms with van der Waals surface area (Å²) < 4.78 is 25.2. The van der Waals surface area contributed by atoms with E-state index in [1.807, 2.05) is 6.07 Å². The molecular formula is C21H24FN5O2S. The first-order valence-corrected chi connectivity index (χ1v) is 11.2. The van der Waals surface area contributed by atoms with Crippen LogP contribution in [0.25, 0.3) is 22.4 Å². The highest BCUT2D eigenvalue weighted by atomic mass is 32.2. The second-order valence-electron chi connectivity index (χ2n) is 8.30. The van der Waals surface area contributed by atoms with Crippen LogP contribution in [-0.2, 0) is 9.48 Å². The molecule has 0 aliphatic carbocycles. The Balaban J connectivity index is 1.72. The molecule has 7 nitrogen and oxygen atoms in total. The SMILES string of the molecule is CSC(C)(C)c1nc(-c2cc3cc(F)ncc3[nH]2)nc2c1OC[C@@H]1COC[C@@H](C)N21. The maximum atomic E-state index is 13.6. The first-order chi connectivity index (χ1) is 14.4. The second kappa shape index (κ2) is 7.09. The van der Waals surface area contributed by atoms with Crippen LogP contribution in [0.1, 0.15) is 26.5 Å². The molecule has 2 atom stereocenters. The van der Waals surface area contributed by atoms with E-state index in [9.17, 15) is 4.39 Å². The molecule has 0 saturated carbocycles. The molecule has 5 heterocycles. The van der Waals surface area contributed by atoms with Gasteiger partial charge in [0.15, 0.2) is 17.4 Å².